The molecule has 1 aromatic heterocycles. The molecule has 2 N–H and O–H groups in total. The largest absolute Gasteiger partial charge is 0.490 e. The number of benzene rings is 2. The molecule has 1 heterocycles. The number of carbonyl (C=O) groups excluding carboxylic acids is 2. The topological polar surface area (TPSA) is 106 Å². The third-order valence-corrected chi connectivity index (χ3v) is 4.37. The molecular weight excluding hydrogens is 390 g/mol. The zero-order valence-electron chi connectivity index (χ0n) is 15.2. The second-order valence-corrected chi connectivity index (χ2v) is 6.58. The molecule has 0 saturated carbocycles. The summed E-state index contributed by atoms with van der Waals surface area (Å²) in [6.45, 7) is 3.97. The van der Waals surface area contributed by atoms with Gasteiger partial charge < -0.3 is 4.74 Å². The van der Waals surface area contributed by atoms with E-state index in [0.717, 1.165) is 5.56 Å². The molecule has 146 valence electrons. The van der Waals surface area contributed by atoms with E-state index >= 15 is 0 Å². The van der Waals surface area contributed by atoms with E-state index in [9.17, 15) is 9.59 Å². The van der Waals surface area contributed by atoms with Crippen LogP contribution >= 0.6 is 11.3 Å². The number of anilines is 1. The molecule has 0 saturated heterocycles. The molecule has 29 heavy (non-hydrogen) atoms. The number of nitrogens with one attached hydrogen (secondary N) is 2. The Balaban J connectivity index is 1.53. The normalized spacial score (nSPS) is 10.5. The molecule has 0 unspecified atom stereocenters. The summed E-state index contributed by atoms with van der Waals surface area (Å²) in [5, 5.41) is 14.9. The van der Waals surface area contributed by atoms with E-state index in [1.807, 2.05) is 30.3 Å². The second-order valence-electron chi connectivity index (χ2n) is 5.60. The minimum absolute atomic E-state index is 0.222. The first-order valence-electron chi connectivity index (χ1n) is 8.53. The number of aromatic nitrogens is 2. The predicted octanol–water partition coefficient (Wildman–Crippen LogP) is 2.86. The van der Waals surface area contributed by atoms with Crippen LogP contribution in [0, 0.1) is 0 Å². The summed E-state index contributed by atoms with van der Waals surface area (Å²) < 4.78 is 5.42. The Bertz CT molecular complexity index is 1030. The maximum Gasteiger partial charge on any atom is 0.329 e. The summed E-state index contributed by atoms with van der Waals surface area (Å²) >= 11 is 1.17. The van der Waals surface area contributed by atoms with E-state index in [1.165, 1.54) is 17.6 Å². The number of ether oxygens (including phenoxy) is 1. The van der Waals surface area contributed by atoms with Gasteiger partial charge in [-0.3, -0.25) is 14.9 Å². The zero-order chi connectivity index (χ0) is 20.5. The Morgan fingerprint density at radius 1 is 1.10 bits per heavy atom. The van der Waals surface area contributed by atoms with E-state index in [2.05, 4.69) is 32.6 Å². The van der Waals surface area contributed by atoms with Gasteiger partial charge in [-0.1, -0.05) is 66.5 Å². The second kappa shape index (κ2) is 9.90. The van der Waals surface area contributed by atoms with Crippen molar-refractivity contribution in [3.05, 3.63) is 72.8 Å². The van der Waals surface area contributed by atoms with Crippen molar-refractivity contribution in [3.63, 3.8) is 0 Å². The highest BCUT2D eigenvalue weighted by molar-refractivity contribution is 7.18. The molecule has 2 amide bonds. The van der Waals surface area contributed by atoms with Crippen LogP contribution < -0.4 is 15.5 Å². The van der Waals surface area contributed by atoms with Crippen LogP contribution in [0.5, 0.6) is 5.75 Å². The van der Waals surface area contributed by atoms with Crippen molar-refractivity contribution in [3.8, 4) is 16.3 Å². The van der Waals surface area contributed by atoms with Crippen molar-refractivity contribution in [1.82, 2.24) is 15.6 Å². The molecule has 0 aliphatic rings. The average molecular weight is 407 g/mol. The number of rotatable bonds is 7. The lowest BCUT2D eigenvalue weighted by Gasteiger charge is -2.03. The fraction of sp³-hybridized carbons (Fsp3) is 0.0500. The molecule has 0 spiro atoms. The van der Waals surface area contributed by atoms with Crippen LogP contribution in [-0.4, -0.2) is 34.8 Å². The van der Waals surface area contributed by atoms with Gasteiger partial charge >= 0.3 is 11.8 Å². The minimum atomic E-state index is -0.920. The van der Waals surface area contributed by atoms with E-state index in [-0.39, 0.29) is 5.13 Å². The summed E-state index contributed by atoms with van der Waals surface area (Å²) in [7, 11) is 0. The van der Waals surface area contributed by atoms with E-state index in [0.29, 0.717) is 22.9 Å². The molecule has 0 aliphatic carbocycles. The highest BCUT2D eigenvalue weighted by Crippen LogP contribution is 2.25. The first-order valence-corrected chi connectivity index (χ1v) is 9.34. The van der Waals surface area contributed by atoms with Gasteiger partial charge in [0.25, 0.3) is 0 Å². The van der Waals surface area contributed by atoms with Gasteiger partial charge in [0.15, 0.2) is 0 Å². The number of nitrogens with zero attached hydrogens (tertiary/aromatic N) is 3. The fourth-order valence-corrected chi connectivity index (χ4v) is 2.93. The Kier molecular flexibility index (Phi) is 6.80. The highest BCUT2D eigenvalue weighted by Gasteiger charge is 2.16. The van der Waals surface area contributed by atoms with Gasteiger partial charge in [0.1, 0.15) is 17.4 Å². The van der Waals surface area contributed by atoms with Gasteiger partial charge in [-0.15, -0.1) is 10.2 Å². The lowest BCUT2D eigenvalue weighted by Crippen LogP contribution is -2.32. The van der Waals surface area contributed by atoms with Gasteiger partial charge in [0, 0.05) is 5.56 Å². The van der Waals surface area contributed by atoms with E-state index in [4.69, 9.17) is 4.74 Å². The van der Waals surface area contributed by atoms with Gasteiger partial charge in [-0.05, 0) is 17.7 Å². The average Bonchev–Trinajstić information content (AvgIpc) is 3.21. The van der Waals surface area contributed by atoms with Gasteiger partial charge in [-0.2, -0.15) is 5.10 Å². The molecular formula is C20H17N5O3S. The molecule has 9 heteroatoms. The maximum atomic E-state index is 12.0. The smallest absolute Gasteiger partial charge is 0.329 e. The lowest BCUT2D eigenvalue weighted by molar-refractivity contribution is -0.136. The molecule has 0 aliphatic heterocycles. The van der Waals surface area contributed by atoms with Gasteiger partial charge in [0.2, 0.25) is 5.13 Å². The van der Waals surface area contributed by atoms with Crippen LogP contribution in [0.1, 0.15) is 5.56 Å². The van der Waals surface area contributed by atoms with Crippen LogP contribution in [0.15, 0.2) is 72.4 Å². The van der Waals surface area contributed by atoms with E-state index < -0.39 is 11.8 Å². The summed E-state index contributed by atoms with van der Waals surface area (Å²) in [5.41, 5.74) is 3.74. The zero-order valence-corrected chi connectivity index (χ0v) is 16.1. The molecule has 3 rings (SSSR count). The van der Waals surface area contributed by atoms with Gasteiger partial charge in [0.05, 0.1) is 6.21 Å². The molecule has 0 radical (unpaired) electrons. The third-order valence-electron chi connectivity index (χ3n) is 3.48. The first kappa shape index (κ1) is 19.9. The summed E-state index contributed by atoms with van der Waals surface area (Å²) in [5.74, 6) is -1.17. The van der Waals surface area contributed by atoms with Crippen LogP contribution in [0.25, 0.3) is 10.6 Å². The van der Waals surface area contributed by atoms with Gasteiger partial charge in [-0.25, -0.2) is 5.43 Å². The third kappa shape index (κ3) is 5.81. The Morgan fingerprint density at radius 3 is 2.72 bits per heavy atom. The minimum Gasteiger partial charge on any atom is -0.490 e. The number of hydrogen-bond donors (Lipinski definition) is 2. The van der Waals surface area contributed by atoms with Crippen LogP contribution in [0.2, 0.25) is 0 Å². The summed E-state index contributed by atoms with van der Waals surface area (Å²) in [4.78, 5) is 23.9. The lowest BCUT2D eigenvalue weighted by atomic mass is 10.2. The molecule has 0 bridgehead atoms. The van der Waals surface area contributed by atoms with Crippen LogP contribution in [-0.2, 0) is 9.59 Å². The first-order chi connectivity index (χ1) is 14.2. The van der Waals surface area contributed by atoms with Crippen molar-refractivity contribution in [2.24, 2.45) is 5.10 Å². The van der Waals surface area contributed by atoms with Crippen molar-refractivity contribution >= 4 is 34.5 Å². The van der Waals surface area contributed by atoms with Crippen molar-refractivity contribution in [2.75, 3.05) is 11.9 Å². The Morgan fingerprint density at radius 2 is 1.93 bits per heavy atom. The predicted molar refractivity (Wildman–Crippen MR) is 112 cm³/mol. The standard InChI is InChI=1S/C20H17N5O3S/c1-2-11-28-16-10-6-7-14(12-16)13-21-23-18(27)17(26)22-20-25-24-19(29-20)15-8-4-3-5-9-15/h2-10,12-13H,1,11H2,(H,23,27)(H,22,25,26)/b21-13+. The van der Waals surface area contributed by atoms with Crippen molar-refractivity contribution in [1.29, 1.82) is 0 Å². The molecule has 3 aromatic rings. The number of amides is 2. The van der Waals surface area contributed by atoms with E-state index in [1.54, 1.807) is 30.3 Å². The van der Waals surface area contributed by atoms with Crippen LogP contribution in [0.3, 0.4) is 0 Å². The Labute approximate surface area is 170 Å². The molecule has 2 aromatic carbocycles. The van der Waals surface area contributed by atoms with Crippen molar-refractivity contribution < 1.29 is 14.3 Å². The highest BCUT2D eigenvalue weighted by atomic mass is 32.1. The monoisotopic (exact) mass is 407 g/mol. The number of carbonyl (C=O) groups is 2. The summed E-state index contributed by atoms with van der Waals surface area (Å²) in [6.07, 6.45) is 3.05. The van der Waals surface area contributed by atoms with Crippen LogP contribution in [0.4, 0.5) is 5.13 Å². The molecule has 0 atom stereocenters. The van der Waals surface area contributed by atoms with Crippen molar-refractivity contribution in [2.45, 2.75) is 0 Å². The Hall–Kier alpha value is -3.85. The quantitative estimate of drug-likeness (QED) is 0.271. The summed E-state index contributed by atoms with van der Waals surface area (Å²) in [6, 6.07) is 16.5. The SMILES string of the molecule is C=CCOc1cccc(/C=N/NC(=O)C(=O)Nc2nnc(-c3ccccc3)s2)c1. The molecule has 0 fully saturated rings. The molecule has 8 nitrogen and oxygen atoms in total. The number of hydrazone groups is 1. The maximum absolute atomic E-state index is 12.0. The fourth-order valence-electron chi connectivity index (χ4n) is 2.18. The number of hydrogen-bond acceptors (Lipinski definition) is 7.